The largest absolute Gasteiger partial charge is 0.459 e. The second-order valence-corrected chi connectivity index (χ2v) is 10.2. The first-order chi connectivity index (χ1) is 12.7. The summed E-state index contributed by atoms with van der Waals surface area (Å²) >= 11 is 0. The minimum absolute atomic E-state index is 0.0917. The van der Waals surface area contributed by atoms with Gasteiger partial charge >= 0.3 is 5.97 Å². The predicted molar refractivity (Wildman–Crippen MR) is 104 cm³/mol. The number of ether oxygens (including phenoxy) is 1. The number of hydrogen-bond donors (Lipinski definition) is 2. The number of rotatable bonds is 2. The molecule has 0 aromatic carbocycles. The van der Waals surface area contributed by atoms with Crippen molar-refractivity contribution in [1.29, 1.82) is 0 Å². The monoisotopic (exact) mass is 376 g/mol. The summed E-state index contributed by atoms with van der Waals surface area (Å²) in [5.41, 5.74) is 1.46. The molecule has 4 nitrogen and oxygen atoms in total. The Balaban J connectivity index is 1.66. The molecule has 0 aromatic rings. The highest BCUT2D eigenvalue weighted by atomic mass is 16.6. The molecule has 4 aliphatic carbocycles. The van der Waals surface area contributed by atoms with Crippen LogP contribution in [0.4, 0.5) is 0 Å². The highest BCUT2D eigenvalue weighted by Gasteiger charge is 2.61. The molecular formula is C23H36O4. The van der Waals surface area contributed by atoms with Gasteiger partial charge in [0.05, 0.1) is 12.2 Å². The first kappa shape index (κ1) is 19.4. The van der Waals surface area contributed by atoms with E-state index >= 15 is 0 Å². The van der Waals surface area contributed by atoms with E-state index in [-0.39, 0.29) is 11.4 Å². The number of hydrogen-bond acceptors (Lipinski definition) is 4. The fourth-order valence-electron chi connectivity index (χ4n) is 7.78. The molecule has 0 radical (unpaired) electrons. The number of fused-ring (bicyclic) bond motifs is 5. The highest BCUT2D eigenvalue weighted by Crippen LogP contribution is 2.66. The van der Waals surface area contributed by atoms with Crippen molar-refractivity contribution in [3.8, 4) is 0 Å². The number of aliphatic hydroxyl groups excluding tert-OH is 2. The molecule has 4 rings (SSSR count). The van der Waals surface area contributed by atoms with Gasteiger partial charge in [-0.1, -0.05) is 38.8 Å². The summed E-state index contributed by atoms with van der Waals surface area (Å²) in [5, 5.41) is 21.9. The molecule has 9 atom stereocenters. The number of carbonyl (C=O) groups excluding carboxylic acids is 1. The van der Waals surface area contributed by atoms with E-state index in [2.05, 4.69) is 26.8 Å². The van der Waals surface area contributed by atoms with Crippen molar-refractivity contribution in [2.24, 2.45) is 34.5 Å². The maximum atomic E-state index is 11.4. The van der Waals surface area contributed by atoms with Gasteiger partial charge in [-0.15, -0.1) is 0 Å². The van der Waals surface area contributed by atoms with Gasteiger partial charge in [0.15, 0.2) is 0 Å². The Hall–Kier alpha value is -0.870. The lowest BCUT2D eigenvalue weighted by Crippen LogP contribution is -2.56. The van der Waals surface area contributed by atoms with Crippen molar-refractivity contribution in [1.82, 2.24) is 0 Å². The van der Waals surface area contributed by atoms with Crippen LogP contribution in [0, 0.1) is 34.5 Å². The summed E-state index contributed by atoms with van der Waals surface area (Å²) in [6.45, 7) is 8.46. The van der Waals surface area contributed by atoms with E-state index in [1.54, 1.807) is 0 Å². The van der Waals surface area contributed by atoms with Crippen LogP contribution in [-0.4, -0.2) is 34.5 Å². The molecule has 0 spiro atoms. The summed E-state index contributed by atoms with van der Waals surface area (Å²) in [7, 11) is 0. The van der Waals surface area contributed by atoms with Gasteiger partial charge in [-0.2, -0.15) is 0 Å². The molecule has 3 saturated carbocycles. The number of carbonyl (C=O) groups is 1. The standard InChI is InChI=1S/C23H36O4/c1-5-14-6-7-16-21-17(8-9-22(14,16)3)23(4)12-19(26)20(27-13(2)24)11-15(23)10-18(21)25/h10,14,16-21,25-26H,5-9,11-12H2,1-4H3/t14-,16-,17-,18?,19?,20?,21-,22+,23-/m0/s1. The van der Waals surface area contributed by atoms with Gasteiger partial charge in [0.25, 0.3) is 0 Å². The maximum Gasteiger partial charge on any atom is 0.303 e. The Morgan fingerprint density at radius 1 is 1.22 bits per heavy atom. The summed E-state index contributed by atoms with van der Waals surface area (Å²) < 4.78 is 5.37. The average Bonchev–Trinajstić information content (AvgIpc) is 2.93. The third-order valence-electron chi connectivity index (χ3n) is 9.14. The van der Waals surface area contributed by atoms with Gasteiger partial charge in [0.2, 0.25) is 0 Å². The van der Waals surface area contributed by atoms with Crippen LogP contribution < -0.4 is 0 Å². The molecule has 0 aliphatic heterocycles. The van der Waals surface area contributed by atoms with Crippen molar-refractivity contribution in [2.75, 3.05) is 0 Å². The zero-order valence-electron chi connectivity index (χ0n) is 17.3. The van der Waals surface area contributed by atoms with E-state index in [4.69, 9.17) is 4.74 Å². The summed E-state index contributed by atoms with van der Waals surface area (Å²) in [6, 6.07) is 0. The van der Waals surface area contributed by atoms with Crippen LogP contribution >= 0.6 is 0 Å². The van der Waals surface area contributed by atoms with Crippen LogP contribution in [0.1, 0.15) is 72.6 Å². The summed E-state index contributed by atoms with van der Waals surface area (Å²) in [5.74, 6) is 1.72. The van der Waals surface area contributed by atoms with Gasteiger partial charge in [-0.05, 0) is 66.6 Å². The molecule has 3 fully saturated rings. The van der Waals surface area contributed by atoms with Crippen molar-refractivity contribution >= 4 is 5.97 Å². The van der Waals surface area contributed by atoms with E-state index in [0.717, 1.165) is 12.3 Å². The topological polar surface area (TPSA) is 66.8 Å². The quantitative estimate of drug-likeness (QED) is 0.567. The van der Waals surface area contributed by atoms with Crippen molar-refractivity contribution < 1.29 is 19.7 Å². The fourth-order valence-corrected chi connectivity index (χ4v) is 7.78. The second-order valence-electron chi connectivity index (χ2n) is 10.2. The van der Waals surface area contributed by atoms with Crippen LogP contribution in [0.5, 0.6) is 0 Å². The molecule has 152 valence electrons. The smallest absolute Gasteiger partial charge is 0.303 e. The molecular weight excluding hydrogens is 340 g/mol. The average molecular weight is 377 g/mol. The third kappa shape index (κ3) is 2.81. The van der Waals surface area contributed by atoms with Crippen LogP contribution in [0.3, 0.4) is 0 Å². The van der Waals surface area contributed by atoms with E-state index in [0.29, 0.717) is 36.0 Å². The number of esters is 1. The zero-order chi connectivity index (χ0) is 19.6. The lowest BCUT2D eigenvalue weighted by atomic mass is 9.46. The molecule has 2 N–H and O–H groups in total. The molecule has 27 heavy (non-hydrogen) atoms. The van der Waals surface area contributed by atoms with Crippen LogP contribution in [0.15, 0.2) is 11.6 Å². The minimum Gasteiger partial charge on any atom is -0.459 e. The normalized spacial score (nSPS) is 51.6. The lowest BCUT2D eigenvalue weighted by Gasteiger charge is -2.59. The van der Waals surface area contributed by atoms with Crippen LogP contribution in [0.25, 0.3) is 0 Å². The molecule has 0 amide bonds. The third-order valence-corrected chi connectivity index (χ3v) is 9.14. The Morgan fingerprint density at radius 2 is 1.96 bits per heavy atom. The zero-order valence-corrected chi connectivity index (χ0v) is 17.3. The fraction of sp³-hybridized carbons (Fsp3) is 0.870. The van der Waals surface area contributed by atoms with Crippen molar-refractivity contribution in [3.05, 3.63) is 11.6 Å². The Bertz CT molecular complexity index is 642. The van der Waals surface area contributed by atoms with E-state index < -0.39 is 18.3 Å². The van der Waals surface area contributed by atoms with Gasteiger partial charge in [-0.25, -0.2) is 0 Å². The second kappa shape index (κ2) is 6.59. The molecule has 0 aromatic heterocycles. The van der Waals surface area contributed by atoms with Crippen molar-refractivity contribution in [2.45, 2.75) is 91.0 Å². The van der Waals surface area contributed by atoms with Gasteiger partial charge < -0.3 is 14.9 Å². The first-order valence-corrected chi connectivity index (χ1v) is 10.9. The molecule has 0 bridgehead atoms. The van der Waals surface area contributed by atoms with Crippen LogP contribution in [-0.2, 0) is 9.53 Å². The SMILES string of the molecule is CC[C@H]1CC[C@H]2[C@@H]3C(O)C=C4CC(OC(C)=O)C(O)C[C@]4(C)[C@H]3CC[C@]12C. The van der Waals surface area contributed by atoms with Crippen molar-refractivity contribution in [3.63, 3.8) is 0 Å². The van der Waals surface area contributed by atoms with Gasteiger partial charge in [-0.3, -0.25) is 4.79 Å². The molecule has 0 saturated heterocycles. The Morgan fingerprint density at radius 3 is 2.63 bits per heavy atom. The van der Waals surface area contributed by atoms with E-state index in [1.807, 2.05) is 0 Å². The van der Waals surface area contributed by atoms with E-state index in [1.165, 1.54) is 38.2 Å². The highest BCUT2D eigenvalue weighted by molar-refractivity contribution is 5.66. The Labute approximate surface area is 163 Å². The molecule has 3 unspecified atom stereocenters. The first-order valence-electron chi connectivity index (χ1n) is 10.9. The predicted octanol–water partition coefficient (Wildman–Crippen LogP) is 3.85. The maximum absolute atomic E-state index is 11.4. The lowest BCUT2D eigenvalue weighted by molar-refractivity contribution is -0.160. The van der Waals surface area contributed by atoms with Gasteiger partial charge in [0.1, 0.15) is 6.10 Å². The molecule has 0 heterocycles. The Kier molecular flexibility index (Phi) is 4.74. The number of aliphatic hydroxyl groups is 2. The molecule has 4 aliphatic rings. The minimum atomic E-state index is -0.618. The van der Waals surface area contributed by atoms with E-state index in [9.17, 15) is 15.0 Å². The summed E-state index contributed by atoms with van der Waals surface area (Å²) in [4.78, 5) is 11.4. The van der Waals surface area contributed by atoms with Crippen LogP contribution in [0.2, 0.25) is 0 Å². The summed E-state index contributed by atoms with van der Waals surface area (Å²) in [6.07, 6.45) is 7.86. The van der Waals surface area contributed by atoms with Gasteiger partial charge in [0, 0.05) is 13.3 Å². The molecule has 4 heteroatoms.